The number of hydrogen-bond acceptors (Lipinski definition) is 3. The number of fused-ring (bicyclic) bond motifs is 1. The average Bonchev–Trinajstić information content (AvgIpc) is 2.64. The molecule has 0 fully saturated rings. The van der Waals surface area contributed by atoms with Crippen LogP contribution >= 0.6 is 27.5 Å². The van der Waals surface area contributed by atoms with Crippen LogP contribution in [0, 0.1) is 0 Å². The molecule has 5 nitrogen and oxygen atoms in total. The second-order valence-corrected chi connectivity index (χ2v) is 7.49. The smallest absolute Gasteiger partial charge is 0.266 e. The van der Waals surface area contributed by atoms with Gasteiger partial charge < -0.3 is 5.32 Å². The fourth-order valence-corrected chi connectivity index (χ4v) is 3.40. The molecule has 1 N–H and O–H groups in total. The highest BCUT2D eigenvalue weighted by atomic mass is 79.9. The van der Waals surface area contributed by atoms with Gasteiger partial charge in [-0.3, -0.25) is 14.2 Å². The van der Waals surface area contributed by atoms with Crippen molar-refractivity contribution in [3.63, 3.8) is 0 Å². The summed E-state index contributed by atoms with van der Waals surface area (Å²) in [5.41, 5.74) is 1.53. The molecule has 2 aromatic carbocycles. The summed E-state index contributed by atoms with van der Waals surface area (Å²) in [4.78, 5) is 29.6. The van der Waals surface area contributed by atoms with E-state index in [9.17, 15) is 9.59 Å². The molecule has 0 saturated carbocycles. The second kappa shape index (κ2) is 7.66. The van der Waals surface area contributed by atoms with Crippen molar-refractivity contribution in [2.45, 2.75) is 19.8 Å². The Labute approximate surface area is 169 Å². The first-order chi connectivity index (χ1) is 12.8. The molecule has 3 aromatic rings. The number of aromatic nitrogens is 2. The number of nitrogens with one attached hydrogen (secondary N) is 1. The van der Waals surface area contributed by atoms with Crippen LogP contribution in [0.1, 0.15) is 25.6 Å². The molecule has 0 spiro atoms. The molecular formula is C20H17BrClN3O2. The van der Waals surface area contributed by atoms with Gasteiger partial charge in [0.2, 0.25) is 5.91 Å². The summed E-state index contributed by atoms with van der Waals surface area (Å²) >= 11 is 9.45. The Morgan fingerprint density at radius 2 is 1.93 bits per heavy atom. The Bertz CT molecular complexity index is 1100. The molecule has 1 heterocycles. The summed E-state index contributed by atoms with van der Waals surface area (Å²) in [6.45, 7) is 7.38. The molecular weight excluding hydrogens is 430 g/mol. The summed E-state index contributed by atoms with van der Waals surface area (Å²) in [6.07, 6.45) is 1.18. The van der Waals surface area contributed by atoms with Crippen LogP contribution in [-0.4, -0.2) is 15.5 Å². The van der Waals surface area contributed by atoms with Crippen LogP contribution in [0.5, 0.6) is 0 Å². The second-order valence-electron chi connectivity index (χ2n) is 6.26. The monoisotopic (exact) mass is 445 g/mol. The van der Waals surface area contributed by atoms with E-state index in [1.54, 1.807) is 41.0 Å². The Hall–Kier alpha value is -2.44. The number of rotatable bonds is 4. The highest BCUT2D eigenvalue weighted by Crippen LogP contribution is 2.30. The van der Waals surface area contributed by atoms with Gasteiger partial charge in [0.05, 0.1) is 26.8 Å². The average molecular weight is 447 g/mol. The van der Waals surface area contributed by atoms with E-state index >= 15 is 0 Å². The fraction of sp³-hybridized carbons (Fsp3) is 0.150. The molecule has 0 radical (unpaired) electrons. The summed E-state index contributed by atoms with van der Waals surface area (Å²) in [7, 11) is 0. The van der Waals surface area contributed by atoms with Crippen LogP contribution in [0.2, 0.25) is 5.02 Å². The van der Waals surface area contributed by atoms with Gasteiger partial charge in [0.1, 0.15) is 5.82 Å². The largest absolute Gasteiger partial charge is 0.321 e. The quantitative estimate of drug-likeness (QED) is 0.570. The topological polar surface area (TPSA) is 64.0 Å². The molecule has 0 unspecified atom stereocenters. The first-order valence-corrected chi connectivity index (χ1v) is 9.45. The third-order valence-corrected chi connectivity index (χ3v) is 5.10. The van der Waals surface area contributed by atoms with Gasteiger partial charge in [0.15, 0.2) is 0 Å². The van der Waals surface area contributed by atoms with E-state index < -0.39 is 0 Å². The van der Waals surface area contributed by atoms with Crippen LogP contribution in [0.3, 0.4) is 0 Å². The first-order valence-electron chi connectivity index (χ1n) is 8.28. The normalized spacial score (nSPS) is 11.0. The van der Waals surface area contributed by atoms with Crippen molar-refractivity contribution in [1.82, 2.24) is 9.55 Å². The summed E-state index contributed by atoms with van der Waals surface area (Å²) < 4.78 is 2.15. The molecule has 0 atom stereocenters. The van der Waals surface area contributed by atoms with Gasteiger partial charge in [-0.1, -0.05) is 32.0 Å². The molecule has 0 aliphatic heterocycles. The predicted octanol–water partition coefficient (Wildman–Crippen LogP) is 5.05. The molecule has 27 heavy (non-hydrogen) atoms. The lowest BCUT2D eigenvalue weighted by atomic mass is 10.1. The summed E-state index contributed by atoms with van der Waals surface area (Å²) in [6, 6.07) is 10.4. The Balaban J connectivity index is 2.31. The van der Waals surface area contributed by atoms with Gasteiger partial charge in [-0.15, -0.1) is 0 Å². The fourth-order valence-electron chi connectivity index (χ4n) is 2.74. The standard InChI is InChI=1S/C20H17BrClN3O2/c1-4-16(26)23-15-10-9-14-18(17(15)21)24-19(11(2)3)25(20(14)27)13-7-5-12(22)6-8-13/h4-11H,1H2,2-3H3,(H,23,26). The third-order valence-electron chi connectivity index (χ3n) is 4.05. The summed E-state index contributed by atoms with van der Waals surface area (Å²) in [5.74, 6) is 0.271. The van der Waals surface area contributed by atoms with E-state index in [0.29, 0.717) is 37.6 Å². The lowest BCUT2D eigenvalue weighted by molar-refractivity contribution is -0.111. The van der Waals surface area contributed by atoms with Crippen LogP contribution in [0.25, 0.3) is 16.6 Å². The SMILES string of the molecule is C=CC(=O)Nc1ccc2c(=O)n(-c3ccc(Cl)cc3)c(C(C)C)nc2c1Br. The lowest BCUT2D eigenvalue weighted by Crippen LogP contribution is -2.25. The Morgan fingerprint density at radius 1 is 1.26 bits per heavy atom. The van der Waals surface area contributed by atoms with E-state index in [1.165, 1.54) is 6.08 Å². The van der Waals surface area contributed by atoms with Gasteiger partial charge in [0, 0.05) is 10.9 Å². The number of carbonyl (C=O) groups excluding carboxylic acids is 1. The van der Waals surface area contributed by atoms with Crippen molar-refractivity contribution in [2.24, 2.45) is 0 Å². The number of hydrogen-bond donors (Lipinski definition) is 1. The molecule has 3 rings (SSSR count). The van der Waals surface area contributed by atoms with Crippen molar-refractivity contribution >= 4 is 50.0 Å². The zero-order valence-corrected chi connectivity index (χ0v) is 17.1. The van der Waals surface area contributed by atoms with Crippen LogP contribution in [-0.2, 0) is 4.79 Å². The molecule has 1 aromatic heterocycles. The Morgan fingerprint density at radius 3 is 2.52 bits per heavy atom. The van der Waals surface area contributed by atoms with E-state index in [1.807, 2.05) is 13.8 Å². The highest BCUT2D eigenvalue weighted by Gasteiger charge is 2.18. The van der Waals surface area contributed by atoms with Gasteiger partial charge in [0.25, 0.3) is 5.56 Å². The minimum atomic E-state index is -0.339. The molecule has 1 amide bonds. The minimum Gasteiger partial charge on any atom is -0.321 e. The number of anilines is 1. The van der Waals surface area contributed by atoms with Gasteiger partial charge >= 0.3 is 0 Å². The van der Waals surface area contributed by atoms with Crippen molar-refractivity contribution < 1.29 is 4.79 Å². The maximum Gasteiger partial charge on any atom is 0.266 e. The predicted molar refractivity (Wildman–Crippen MR) is 113 cm³/mol. The number of carbonyl (C=O) groups is 1. The molecule has 7 heteroatoms. The van der Waals surface area contributed by atoms with Crippen molar-refractivity contribution in [2.75, 3.05) is 5.32 Å². The van der Waals surface area contributed by atoms with Crippen molar-refractivity contribution in [1.29, 1.82) is 0 Å². The van der Waals surface area contributed by atoms with Gasteiger partial charge in [-0.2, -0.15) is 0 Å². The number of nitrogens with zero attached hydrogens (tertiary/aromatic N) is 2. The zero-order chi connectivity index (χ0) is 19.7. The van der Waals surface area contributed by atoms with Crippen molar-refractivity contribution in [3.05, 3.63) is 74.7 Å². The highest BCUT2D eigenvalue weighted by molar-refractivity contribution is 9.10. The summed E-state index contributed by atoms with van der Waals surface area (Å²) in [5, 5.41) is 3.74. The lowest BCUT2D eigenvalue weighted by Gasteiger charge is -2.17. The third kappa shape index (κ3) is 3.68. The van der Waals surface area contributed by atoms with Crippen LogP contribution in [0.15, 0.2) is 58.3 Å². The Kier molecular flexibility index (Phi) is 5.48. The van der Waals surface area contributed by atoms with E-state index in [-0.39, 0.29) is 17.4 Å². The van der Waals surface area contributed by atoms with Crippen molar-refractivity contribution in [3.8, 4) is 5.69 Å². The molecule has 0 bridgehead atoms. The van der Waals surface area contributed by atoms with E-state index in [4.69, 9.17) is 16.6 Å². The van der Waals surface area contributed by atoms with Crippen LogP contribution in [0.4, 0.5) is 5.69 Å². The zero-order valence-electron chi connectivity index (χ0n) is 14.8. The number of amides is 1. The van der Waals surface area contributed by atoms with Gasteiger partial charge in [-0.05, 0) is 58.4 Å². The molecule has 0 aliphatic carbocycles. The maximum absolute atomic E-state index is 13.2. The van der Waals surface area contributed by atoms with E-state index in [2.05, 4.69) is 27.8 Å². The molecule has 0 aliphatic rings. The van der Waals surface area contributed by atoms with Crippen LogP contribution < -0.4 is 10.9 Å². The maximum atomic E-state index is 13.2. The minimum absolute atomic E-state index is 0.00361. The number of benzene rings is 2. The molecule has 138 valence electrons. The molecule has 0 saturated heterocycles. The van der Waals surface area contributed by atoms with Gasteiger partial charge in [-0.25, -0.2) is 4.98 Å². The number of halogens is 2. The van der Waals surface area contributed by atoms with E-state index in [0.717, 1.165) is 0 Å². The first kappa shape index (κ1) is 19.3.